The maximum atomic E-state index is 14.0. The van der Waals surface area contributed by atoms with Crippen LogP contribution < -0.4 is 14.9 Å². The number of benzene rings is 2. The van der Waals surface area contributed by atoms with Crippen molar-refractivity contribution in [3.05, 3.63) is 40.6 Å². The van der Waals surface area contributed by atoms with E-state index < -0.39 is 108 Å². The maximum Gasteiger partial charge on any atom is 0.239 e. The van der Waals surface area contributed by atoms with E-state index in [1.165, 1.54) is 13.0 Å². The second-order valence-corrected chi connectivity index (χ2v) is 10.2. The van der Waals surface area contributed by atoms with Crippen LogP contribution in [-0.4, -0.2) is 119 Å². The number of aliphatic hydroxyl groups is 7. The third-order valence-electron chi connectivity index (χ3n) is 7.27. The molecule has 0 bridgehead atoms. The summed E-state index contributed by atoms with van der Waals surface area (Å²) in [6.07, 6.45) is -16.4. The lowest BCUT2D eigenvalue weighted by atomic mass is 9.99. The van der Waals surface area contributed by atoms with E-state index >= 15 is 0 Å². The molecule has 1 aromatic heterocycles. The predicted molar refractivity (Wildman–Crippen MR) is 140 cm³/mol. The summed E-state index contributed by atoms with van der Waals surface area (Å²) >= 11 is 0. The number of phenolic OH excluding ortho intramolecular Hbond substituents is 3. The molecule has 10 atom stereocenters. The Labute approximate surface area is 241 Å². The van der Waals surface area contributed by atoms with Gasteiger partial charge < -0.3 is 74.4 Å². The van der Waals surface area contributed by atoms with Crippen LogP contribution >= 0.6 is 0 Å². The van der Waals surface area contributed by atoms with Gasteiger partial charge in [-0.15, -0.1) is 0 Å². The number of hydrogen-bond donors (Lipinski definition) is 10. The molecule has 16 nitrogen and oxygen atoms in total. The smallest absolute Gasteiger partial charge is 0.239 e. The topological polar surface area (TPSA) is 269 Å². The van der Waals surface area contributed by atoms with Crippen LogP contribution in [0.15, 0.2) is 39.5 Å². The monoisotopic (exact) mass is 610 g/mol. The first kappa shape index (κ1) is 30.7. The lowest BCUT2D eigenvalue weighted by molar-refractivity contribution is -0.277. The van der Waals surface area contributed by atoms with Crippen LogP contribution in [-0.2, 0) is 9.47 Å². The molecule has 3 heterocycles. The van der Waals surface area contributed by atoms with Crippen molar-refractivity contribution in [1.29, 1.82) is 0 Å². The van der Waals surface area contributed by atoms with Crippen LogP contribution in [0.25, 0.3) is 22.3 Å². The fraction of sp³-hybridized carbons (Fsp3) is 0.444. The van der Waals surface area contributed by atoms with Gasteiger partial charge in [-0.3, -0.25) is 4.79 Å². The Kier molecular flexibility index (Phi) is 8.41. The van der Waals surface area contributed by atoms with E-state index in [1.807, 2.05) is 0 Å². The zero-order valence-electron chi connectivity index (χ0n) is 22.3. The molecule has 2 fully saturated rings. The third kappa shape index (κ3) is 5.55. The number of rotatable bonds is 6. The molecule has 5 rings (SSSR count). The summed E-state index contributed by atoms with van der Waals surface area (Å²) in [4.78, 5) is 14.0. The molecule has 3 aromatic rings. The van der Waals surface area contributed by atoms with Gasteiger partial charge in [0.25, 0.3) is 0 Å². The average Bonchev–Trinajstić information content (AvgIpc) is 2.97. The molecule has 10 N–H and O–H groups in total. The van der Waals surface area contributed by atoms with Crippen LogP contribution in [0.5, 0.6) is 28.7 Å². The largest absolute Gasteiger partial charge is 0.508 e. The summed E-state index contributed by atoms with van der Waals surface area (Å²) in [6.45, 7) is 0.615. The van der Waals surface area contributed by atoms with Crippen molar-refractivity contribution in [2.24, 2.45) is 0 Å². The molecule has 6 unspecified atom stereocenters. The molecular formula is C27H30O16. The fourth-order valence-electron chi connectivity index (χ4n) is 4.82. The first-order chi connectivity index (χ1) is 20.3. The Morgan fingerprint density at radius 1 is 0.767 bits per heavy atom. The number of aromatic hydroxyl groups is 3. The average molecular weight is 611 g/mol. The predicted octanol–water partition coefficient (Wildman–Crippen LogP) is -2.04. The van der Waals surface area contributed by atoms with Crippen molar-refractivity contribution in [3.63, 3.8) is 0 Å². The zero-order chi connectivity index (χ0) is 31.3. The highest BCUT2D eigenvalue weighted by Crippen LogP contribution is 2.40. The Morgan fingerprint density at radius 3 is 2.07 bits per heavy atom. The summed E-state index contributed by atoms with van der Waals surface area (Å²) < 4.78 is 28.0. The molecule has 0 spiro atoms. The van der Waals surface area contributed by atoms with Crippen molar-refractivity contribution >= 4 is 11.0 Å². The molecule has 2 aromatic carbocycles. The standard InChI is InChI=1S/C27H30O16/c1-8-17(32)20(35)22(37)26(39-8)43-25-19(34)16-13(40-24(25)9-2-3-11(30)12(31)4-9)5-10(29)6-14(16)41-27-23(38)21(36)18(33)15(7-28)42-27/h2-6,8,15,17-18,20-23,26-33,35-38H,7H2,1H3/t8-,15?,17-,18?,20+,21?,22+,23?,26?,27?/m1/s1. The van der Waals surface area contributed by atoms with Gasteiger partial charge in [0.15, 0.2) is 17.3 Å². The fourth-order valence-corrected chi connectivity index (χ4v) is 4.82. The molecule has 0 saturated carbocycles. The third-order valence-corrected chi connectivity index (χ3v) is 7.27. The van der Waals surface area contributed by atoms with Gasteiger partial charge >= 0.3 is 0 Å². The van der Waals surface area contributed by atoms with Gasteiger partial charge in [0.2, 0.25) is 23.8 Å². The molecule has 2 aliphatic rings. The van der Waals surface area contributed by atoms with Gasteiger partial charge in [-0.2, -0.15) is 0 Å². The minimum Gasteiger partial charge on any atom is -0.508 e. The number of ether oxygens (including phenoxy) is 4. The van der Waals surface area contributed by atoms with Crippen molar-refractivity contribution in [1.82, 2.24) is 0 Å². The van der Waals surface area contributed by atoms with E-state index in [-0.39, 0.29) is 16.9 Å². The summed E-state index contributed by atoms with van der Waals surface area (Å²) in [5.41, 5.74) is -1.37. The highest BCUT2D eigenvalue weighted by atomic mass is 16.7. The summed E-state index contributed by atoms with van der Waals surface area (Å²) in [6, 6.07) is 5.34. The lowest BCUT2D eigenvalue weighted by Crippen LogP contribution is -2.60. The number of hydrogen-bond acceptors (Lipinski definition) is 16. The van der Waals surface area contributed by atoms with Crippen LogP contribution in [0.3, 0.4) is 0 Å². The number of phenols is 3. The Hall–Kier alpha value is -3.71. The van der Waals surface area contributed by atoms with E-state index in [0.29, 0.717) is 0 Å². The highest BCUT2D eigenvalue weighted by Gasteiger charge is 2.46. The molecule has 43 heavy (non-hydrogen) atoms. The van der Waals surface area contributed by atoms with E-state index in [4.69, 9.17) is 23.4 Å². The van der Waals surface area contributed by atoms with Gasteiger partial charge in [0.05, 0.1) is 12.7 Å². The van der Waals surface area contributed by atoms with Gasteiger partial charge in [-0.1, -0.05) is 0 Å². The first-order valence-electron chi connectivity index (χ1n) is 13.0. The van der Waals surface area contributed by atoms with E-state index in [9.17, 15) is 55.9 Å². The van der Waals surface area contributed by atoms with Crippen LogP contribution in [0.1, 0.15) is 6.92 Å². The SMILES string of the molecule is C[C@H]1OC(Oc2c(-c3ccc(O)c(O)c3)oc3cc(O)cc(OC4OC(CO)C(O)C(O)C4O)c3c2=O)[C@@H](O)[C@@H](O)[C@@H]1O. The molecule has 16 heteroatoms. The van der Waals surface area contributed by atoms with E-state index in [2.05, 4.69) is 0 Å². The van der Waals surface area contributed by atoms with Crippen molar-refractivity contribution in [3.8, 4) is 40.1 Å². The molecule has 2 saturated heterocycles. The minimum atomic E-state index is -1.88. The van der Waals surface area contributed by atoms with Crippen molar-refractivity contribution < 1.29 is 74.4 Å². The number of fused-ring (bicyclic) bond motifs is 1. The van der Waals surface area contributed by atoms with Crippen LogP contribution in [0.2, 0.25) is 0 Å². The second-order valence-electron chi connectivity index (χ2n) is 10.2. The number of aliphatic hydroxyl groups excluding tert-OH is 7. The van der Waals surface area contributed by atoms with Gasteiger partial charge in [-0.05, 0) is 25.1 Å². The van der Waals surface area contributed by atoms with E-state index in [1.54, 1.807) is 0 Å². The Morgan fingerprint density at radius 2 is 1.42 bits per heavy atom. The van der Waals surface area contributed by atoms with Crippen LogP contribution in [0, 0.1) is 0 Å². The zero-order valence-corrected chi connectivity index (χ0v) is 22.3. The normalized spacial score (nSPS) is 32.9. The molecular weight excluding hydrogens is 580 g/mol. The van der Waals surface area contributed by atoms with Crippen molar-refractivity contribution in [2.75, 3.05) is 6.61 Å². The minimum absolute atomic E-state index is 0.0250. The van der Waals surface area contributed by atoms with Gasteiger partial charge in [0.1, 0.15) is 65.2 Å². The second kappa shape index (κ2) is 11.8. The molecule has 0 aliphatic carbocycles. The first-order valence-corrected chi connectivity index (χ1v) is 13.0. The quantitative estimate of drug-likeness (QED) is 0.135. The van der Waals surface area contributed by atoms with Crippen LogP contribution in [0.4, 0.5) is 0 Å². The van der Waals surface area contributed by atoms with E-state index in [0.717, 1.165) is 24.3 Å². The summed E-state index contributed by atoms with van der Waals surface area (Å²) in [5, 5.41) is 101. The van der Waals surface area contributed by atoms with Gasteiger partial charge in [0, 0.05) is 17.7 Å². The lowest BCUT2D eigenvalue weighted by Gasteiger charge is -2.39. The molecule has 234 valence electrons. The summed E-state index contributed by atoms with van der Waals surface area (Å²) in [5.74, 6) is -3.12. The molecule has 2 aliphatic heterocycles. The Balaban J connectivity index is 1.66. The Bertz CT molecular complexity index is 1540. The van der Waals surface area contributed by atoms with Crippen molar-refractivity contribution in [2.45, 2.75) is 68.3 Å². The highest BCUT2D eigenvalue weighted by molar-refractivity contribution is 5.88. The van der Waals surface area contributed by atoms with Gasteiger partial charge in [-0.25, -0.2) is 0 Å². The molecule has 0 radical (unpaired) electrons. The molecule has 0 amide bonds. The maximum absolute atomic E-state index is 14.0. The summed E-state index contributed by atoms with van der Waals surface area (Å²) in [7, 11) is 0.